The van der Waals surface area contributed by atoms with E-state index in [-0.39, 0.29) is 22.6 Å². The number of carboxylic acid groups (broad SMARTS) is 1. The van der Waals surface area contributed by atoms with Crippen LogP contribution in [0.4, 0.5) is 0 Å². The lowest BCUT2D eigenvalue weighted by atomic mass is 9.71. The molecule has 6 heteroatoms. The molecule has 0 saturated carbocycles. The standard InChI is InChI=1S/C29H30O6/c1-5-16-12-14-22(30)18(7-3)25(16)29(26-17(6-2)13-15-23(31)19(26)8-4)21-11-9-10-20(27(32)33)24(21)28(34)35-29/h9-15,30-31H,5-8H2,1-4H3,(H,32,33). The average Bonchev–Trinajstić information content (AvgIpc) is 3.16. The number of esters is 1. The van der Waals surface area contributed by atoms with Crippen LogP contribution in [0, 0.1) is 0 Å². The Labute approximate surface area is 204 Å². The van der Waals surface area contributed by atoms with E-state index in [2.05, 4.69) is 0 Å². The first-order valence-corrected chi connectivity index (χ1v) is 12.0. The highest BCUT2D eigenvalue weighted by Crippen LogP contribution is 2.54. The van der Waals surface area contributed by atoms with E-state index >= 15 is 0 Å². The zero-order chi connectivity index (χ0) is 25.5. The third-order valence-electron chi connectivity index (χ3n) is 7.05. The first-order chi connectivity index (χ1) is 16.8. The Kier molecular flexibility index (Phi) is 6.32. The number of hydrogen-bond donors (Lipinski definition) is 3. The molecule has 1 aliphatic rings. The third-order valence-corrected chi connectivity index (χ3v) is 7.05. The molecule has 3 N–H and O–H groups in total. The number of ether oxygens (including phenoxy) is 1. The maximum Gasteiger partial charge on any atom is 0.341 e. The lowest BCUT2D eigenvalue weighted by molar-refractivity contribution is 0.0238. The Balaban J connectivity index is 2.32. The van der Waals surface area contributed by atoms with Crippen molar-refractivity contribution >= 4 is 11.9 Å². The quantitative estimate of drug-likeness (QED) is 0.390. The van der Waals surface area contributed by atoms with E-state index in [4.69, 9.17) is 4.74 Å². The predicted octanol–water partition coefficient (Wildman–Crippen LogP) is 5.51. The molecule has 0 fully saturated rings. The zero-order valence-corrected chi connectivity index (χ0v) is 20.4. The Hall–Kier alpha value is -3.80. The van der Waals surface area contributed by atoms with Crippen LogP contribution < -0.4 is 0 Å². The minimum absolute atomic E-state index is 0.0000945. The molecule has 0 atom stereocenters. The third kappa shape index (κ3) is 3.47. The van der Waals surface area contributed by atoms with Crippen LogP contribution in [0.2, 0.25) is 0 Å². The second kappa shape index (κ2) is 9.10. The lowest BCUT2D eigenvalue weighted by Gasteiger charge is -2.37. The number of benzene rings is 3. The predicted molar refractivity (Wildman–Crippen MR) is 132 cm³/mol. The molecule has 0 bridgehead atoms. The van der Waals surface area contributed by atoms with Gasteiger partial charge in [0.1, 0.15) is 11.5 Å². The Morgan fingerprint density at radius 1 is 0.800 bits per heavy atom. The molecular formula is C29H30O6. The van der Waals surface area contributed by atoms with Gasteiger partial charge in [0.2, 0.25) is 0 Å². The average molecular weight is 475 g/mol. The summed E-state index contributed by atoms with van der Waals surface area (Å²) in [5.74, 6) is -1.80. The highest BCUT2D eigenvalue weighted by atomic mass is 16.6. The molecule has 3 aromatic carbocycles. The minimum Gasteiger partial charge on any atom is -0.508 e. The van der Waals surface area contributed by atoms with E-state index in [0.29, 0.717) is 53.5 Å². The molecule has 0 amide bonds. The van der Waals surface area contributed by atoms with Gasteiger partial charge >= 0.3 is 11.9 Å². The van der Waals surface area contributed by atoms with Gasteiger partial charge in [-0.3, -0.25) is 0 Å². The SMILES string of the molecule is CCc1ccc(O)c(CC)c1C1(c2c(CC)ccc(O)c2CC)OC(=O)c2c(C(=O)O)cccc21. The van der Waals surface area contributed by atoms with Crippen molar-refractivity contribution in [3.63, 3.8) is 0 Å². The van der Waals surface area contributed by atoms with Crippen molar-refractivity contribution in [2.24, 2.45) is 0 Å². The number of cyclic esters (lactones) is 1. The van der Waals surface area contributed by atoms with Crippen LogP contribution in [0.15, 0.2) is 42.5 Å². The van der Waals surface area contributed by atoms with Crippen molar-refractivity contribution < 1.29 is 29.6 Å². The molecule has 0 unspecified atom stereocenters. The topological polar surface area (TPSA) is 104 Å². The molecule has 35 heavy (non-hydrogen) atoms. The van der Waals surface area contributed by atoms with Gasteiger partial charge < -0.3 is 20.1 Å². The fourth-order valence-electron chi connectivity index (χ4n) is 5.54. The summed E-state index contributed by atoms with van der Waals surface area (Å²) in [4.78, 5) is 25.6. The van der Waals surface area contributed by atoms with Crippen LogP contribution in [0.3, 0.4) is 0 Å². The second-order valence-electron chi connectivity index (χ2n) is 8.71. The van der Waals surface area contributed by atoms with Crippen LogP contribution in [0.25, 0.3) is 0 Å². The number of aromatic carboxylic acids is 1. The van der Waals surface area contributed by atoms with Crippen molar-refractivity contribution in [1.82, 2.24) is 0 Å². The smallest absolute Gasteiger partial charge is 0.341 e. The molecule has 4 rings (SSSR count). The van der Waals surface area contributed by atoms with Crippen LogP contribution in [-0.4, -0.2) is 27.3 Å². The minimum atomic E-state index is -1.53. The maximum absolute atomic E-state index is 13.5. The van der Waals surface area contributed by atoms with Gasteiger partial charge in [0.15, 0.2) is 5.60 Å². The number of carbonyl (C=O) groups excluding carboxylic acids is 1. The van der Waals surface area contributed by atoms with Crippen molar-refractivity contribution in [3.05, 3.63) is 92.5 Å². The largest absolute Gasteiger partial charge is 0.508 e. The molecule has 0 spiro atoms. The molecule has 6 nitrogen and oxygen atoms in total. The van der Waals surface area contributed by atoms with E-state index in [9.17, 15) is 24.9 Å². The van der Waals surface area contributed by atoms with E-state index in [1.807, 2.05) is 39.8 Å². The molecule has 0 aliphatic carbocycles. The van der Waals surface area contributed by atoms with Crippen molar-refractivity contribution in [1.29, 1.82) is 0 Å². The van der Waals surface area contributed by atoms with E-state index < -0.39 is 17.5 Å². The number of rotatable bonds is 7. The molecule has 0 saturated heterocycles. The van der Waals surface area contributed by atoms with Gasteiger partial charge in [-0.05, 0) is 55.0 Å². The molecule has 1 heterocycles. The highest BCUT2D eigenvalue weighted by Gasteiger charge is 2.54. The second-order valence-corrected chi connectivity index (χ2v) is 8.71. The number of hydrogen-bond acceptors (Lipinski definition) is 5. The summed E-state index contributed by atoms with van der Waals surface area (Å²) < 4.78 is 6.34. The van der Waals surface area contributed by atoms with Gasteiger partial charge in [-0.1, -0.05) is 52.0 Å². The molecule has 182 valence electrons. The highest BCUT2D eigenvalue weighted by molar-refractivity contribution is 6.06. The van der Waals surface area contributed by atoms with Gasteiger partial charge in [-0.2, -0.15) is 0 Å². The normalized spacial score (nSPS) is 14.0. The Bertz CT molecular complexity index is 1280. The summed E-state index contributed by atoms with van der Waals surface area (Å²) in [6, 6.07) is 11.6. The van der Waals surface area contributed by atoms with Crippen LogP contribution in [0.1, 0.15) is 87.4 Å². The summed E-state index contributed by atoms with van der Waals surface area (Å²) >= 11 is 0. The Morgan fingerprint density at radius 3 is 1.74 bits per heavy atom. The van der Waals surface area contributed by atoms with Gasteiger partial charge in [-0.15, -0.1) is 0 Å². The number of aryl methyl sites for hydroxylation is 2. The van der Waals surface area contributed by atoms with Crippen LogP contribution in [-0.2, 0) is 36.0 Å². The number of carbonyl (C=O) groups is 2. The lowest BCUT2D eigenvalue weighted by Crippen LogP contribution is -2.34. The fourth-order valence-corrected chi connectivity index (χ4v) is 5.54. The van der Waals surface area contributed by atoms with Crippen molar-refractivity contribution in [2.45, 2.75) is 59.0 Å². The summed E-state index contributed by atoms with van der Waals surface area (Å²) in [6.07, 6.45) is 2.11. The number of phenolic OH excluding ortho intramolecular Hbond substituents is 2. The molecule has 0 radical (unpaired) electrons. The van der Waals surface area contributed by atoms with Crippen LogP contribution >= 0.6 is 0 Å². The molecular weight excluding hydrogens is 444 g/mol. The molecule has 1 aliphatic heterocycles. The van der Waals surface area contributed by atoms with E-state index in [1.165, 1.54) is 6.07 Å². The Morgan fingerprint density at radius 2 is 1.31 bits per heavy atom. The van der Waals surface area contributed by atoms with Crippen molar-refractivity contribution in [2.75, 3.05) is 0 Å². The number of phenols is 2. The monoisotopic (exact) mass is 474 g/mol. The van der Waals surface area contributed by atoms with Gasteiger partial charge in [0.25, 0.3) is 0 Å². The van der Waals surface area contributed by atoms with Gasteiger partial charge in [0, 0.05) is 27.8 Å². The summed E-state index contributed by atoms with van der Waals surface area (Å²) in [5, 5.41) is 31.7. The van der Waals surface area contributed by atoms with Gasteiger partial charge in [0.05, 0.1) is 11.1 Å². The van der Waals surface area contributed by atoms with E-state index in [0.717, 1.165) is 11.1 Å². The number of carboxylic acids is 1. The summed E-state index contributed by atoms with van der Waals surface area (Å²) in [6.45, 7) is 7.80. The molecule has 0 aromatic heterocycles. The molecule has 3 aromatic rings. The summed E-state index contributed by atoms with van der Waals surface area (Å²) in [5.41, 5.74) is 3.00. The fraction of sp³-hybridized carbons (Fsp3) is 0.310. The van der Waals surface area contributed by atoms with Crippen molar-refractivity contribution in [3.8, 4) is 11.5 Å². The zero-order valence-electron chi connectivity index (χ0n) is 20.4. The first kappa shape index (κ1) is 24.3. The van der Waals surface area contributed by atoms with E-state index in [1.54, 1.807) is 24.3 Å². The van der Waals surface area contributed by atoms with Gasteiger partial charge in [-0.25, -0.2) is 9.59 Å². The maximum atomic E-state index is 13.5. The first-order valence-electron chi connectivity index (χ1n) is 12.0. The number of aromatic hydroxyl groups is 2. The summed E-state index contributed by atoms with van der Waals surface area (Å²) in [7, 11) is 0. The number of fused-ring (bicyclic) bond motifs is 1. The van der Waals surface area contributed by atoms with Crippen LogP contribution in [0.5, 0.6) is 11.5 Å².